The summed E-state index contributed by atoms with van der Waals surface area (Å²) >= 11 is 5.09. The number of carbonyl (C=O) groups excluding carboxylic acids is 1. The van der Waals surface area contributed by atoms with Crippen LogP contribution in [0.2, 0.25) is 0 Å². The third-order valence-corrected chi connectivity index (χ3v) is 5.04. The first-order valence-electron chi connectivity index (χ1n) is 6.22. The molecule has 0 radical (unpaired) electrons. The lowest BCUT2D eigenvalue weighted by atomic mass is 10.1. The first-order valence-corrected chi connectivity index (χ1v) is 7.83. The Labute approximate surface area is 121 Å². The van der Waals surface area contributed by atoms with Crippen molar-refractivity contribution in [2.45, 2.75) is 18.9 Å². The molecule has 18 heavy (non-hydrogen) atoms. The summed E-state index contributed by atoms with van der Waals surface area (Å²) in [5.41, 5.74) is 0. The van der Waals surface area contributed by atoms with E-state index in [2.05, 4.69) is 39.8 Å². The second-order valence-corrected chi connectivity index (χ2v) is 7.51. The Kier molecular flexibility index (Phi) is 4.95. The maximum Gasteiger partial charge on any atom is 0.156 e. The van der Waals surface area contributed by atoms with E-state index < -0.39 is 0 Å². The van der Waals surface area contributed by atoms with Gasteiger partial charge in [-0.25, -0.2) is 0 Å². The molecule has 1 aliphatic heterocycles. The van der Waals surface area contributed by atoms with Gasteiger partial charge in [0.2, 0.25) is 0 Å². The molecule has 0 N–H and O–H groups in total. The monoisotopic (exact) mass is 330 g/mol. The van der Waals surface area contributed by atoms with Crippen molar-refractivity contribution >= 4 is 33.0 Å². The average Bonchev–Trinajstić information content (AvgIpc) is 2.62. The van der Waals surface area contributed by atoms with Crippen molar-refractivity contribution < 1.29 is 4.79 Å². The van der Waals surface area contributed by atoms with Crippen LogP contribution < -0.4 is 0 Å². The fourth-order valence-electron chi connectivity index (χ4n) is 2.36. The molecule has 2 rings (SSSR count). The molecule has 0 aliphatic carbocycles. The van der Waals surface area contributed by atoms with Crippen LogP contribution in [0.25, 0.3) is 0 Å². The molecule has 3 nitrogen and oxygen atoms in total. The van der Waals surface area contributed by atoms with Crippen molar-refractivity contribution in [2.75, 3.05) is 33.7 Å². The Morgan fingerprint density at radius 1 is 1.44 bits per heavy atom. The van der Waals surface area contributed by atoms with Gasteiger partial charge in [-0.1, -0.05) is 0 Å². The predicted molar refractivity (Wildman–Crippen MR) is 79.3 cm³/mol. The average molecular weight is 331 g/mol. The molecule has 0 bridgehead atoms. The first-order chi connectivity index (χ1) is 8.56. The summed E-state index contributed by atoms with van der Waals surface area (Å²) in [6.45, 7) is 2.94. The highest BCUT2D eigenvalue weighted by Gasteiger charge is 2.26. The van der Waals surface area contributed by atoms with Crippen molar-refractivity contribution in [1.82, 2.24) is 9.80 Å². The summed E-state index contributed by atoms with van der Waals surface area (Å²) in [4.78, 5) is 18.0. The van der Waals surface area contributed by atoms with E-state index in [1.54, 1.807) is 11.3 Å². The lowest BCUT2D eigenvalue weighted by molar-refractivity contribution is -0.123. The van der Waals surface area contributed by atoms with Crippen LogP contribution in [0.3, 0.4) is 0 Å². The van der Waals surface area contributed by atoms with Crippen LogP contribution in [-0.2, 0) is 11.2 Å². The minimum atomic E-state index is 0.0402. The zero-order chi connectivity index (χ0) is 13.1. The molecule has 2 heterocycles. The molecule has 100 valence electrons. The standard InChI is InChI=1S/C13H19BrN2OS/c1-15-6-3-7-16(2)11(9-15)12(17)8-10-4-5-13(14)18-10/h4-5,11H,3,6-9H2,1-2H3. The van der Waals surface area contributed by atoms with Gasteiger partial charge in [-0.2, -0.15) is 0 Å². The number of hydrogen-bond acceptors (Lipinski definition) is 4. The van der Waals surface area contributed by atoms with Gasteiger partial charge < -0.3 is 4.90 Å². The number of likely N-dealkylation sites (N-methyl/N-ethyl adjacent to an activating group) is 2. The van der Waals surface area contributed by atoms with Gasteiger partial charge in [0.25, 0.3) is 0 Å². The highest BCUT2D eigenvalue weighted by Crippen LogP contribution is 2.23. The molecule has 0 amide bonds. The predicted octanol–water partition coefficient (Wildman–Crippen LogP) is 2.26. The maximum atomic E-state index is 12.4. The molecule has 1 fully saturated rings. The topological polar surface area (TPSA) is 23.6 Å². The summed E-state index contributed by atoms with van der Waals surface area (Å²) in [6.07, 6.45) is 1.69. The van der Waals surface area contributed by atoms with Crippen molar-refractivity contribution in [1.29, 1.82) is 0 Å². The van der Waals surface area contributed by atoms with Crippen LogP contribution in [-0.4, -0.2) is 55.4 Å². The number of hydrogen-bond donors (Lipinski definition) is 0. The van der Waals surface area contributed by atoms with Crippen molar-refractivity contribution in [3.8, 4) is 0 Å². The van der Waals surface area contributed by atoms with Crippen LogP contribution >= 0.6 is 27.3 Å². The van der Waals surface area contributed by atoms with Gasteiger partial charge in [-0.15, -0.1) is 11.3 Å². The number of carbonyl (C=O) groups is 1. The van der Waals surface area contributed by atoms with Crippen LogP contribution in [0.4, 0.5) is 0 Å². The lowest BCUT2D eigenvalue weighted by Gasteiger charge is -2.25. The van der Waals surface area contributed by atoms with Crippen molar-refractivity contribution in [3.05, 3.63) is 20.8 Å². The van der Waals surface area contributed by atoms with Crippen molar-refractivity contribution in [2.24, 2.45) is 0 Å². The van der Waals surface area contributed by atoms with Crippen molar-refractivity contribution in [3.63, 3.8) is 0 Å². The van der Waals surface area contributed by atoms with E-state index in [0.29, 0.717) is 12.2 Å². The molecule has 1 aromatic heterocycles. The fourth-order valence-corrected chi connectivity index (χ4v) is 3.85. The molecule has 0 saturated carbocycles. The number of thiophene rings is 1. The van der Waals surface area contributed by atoms with Gasteiger partial charge in [0, 0.05) is 17.8 Å². The van der Waals surface area contributed by atoms with Gasteiger partial charge in [-0.3, -0.25) is 9.69 Å². The Hall–Kier alpha value is -0.230. The molecule has 1 aromatic rings. The summed E-state index contributed by atoms with van der Waals surface area (Å²) in [5.74, 6) is 0.334. The van der Waals surface area contributed by atoms with Crippen LogP contribution in [0.5, 0.6) is 0 Å². The maximum absolute atomic E-state index is 12.4. The quantitative estimate of drug-likeness (QED) is 0.849. The summed E-state index contributed by atoms with van der Waals surface area (Å²) in [7, 11) is 4.16. The zero-order valence-electron chi connectivity index (χ0n) is 10.9. The second kappa shape index (κ2) is 6.28. The zero-order valence-corrected chi connectivity index (χ0v) is 13.3. The van der Waals surface area contributed by atoms with Gasteiger partial charge in [0.15, 0.2) is 5.78 Å². The first kappa shape index (κ1) is 14.2. The summed E-state index contributed by atoms with van der Waals surface area (Å²) < 4.78 is 1.09. The van der Waals surface area contributed by atoms with E-state index in [1.165, 1.54) is 0 Å². The molecule has 1 unspecified atom stereocenters. The summed E-state index contributed by atoms with van der Waals surface area (Å²) in [5, 5.41) is 0. The van der Waals surface area contributed by atoms with Crippen LogP contribution in [0.1, 0.15) is 11.3 Å². The van der Waals surface area contributed by atoms with E-state index in [1.807, 2.05) is 12.1 Å². The number of ketones is 1. The highest BCUT2D eigenvalue weighted by atomic mass is 79.9. The minimum absolute atomic E-state index is 0.0402. The molecular weight excluding hydrogens is 312 g/mol. The lowest BCUT2D eigenvalue weighted by Crippen LogP contribution is -2.44. The SMILES string of the molecule is CN1CCCN(C)C(C(=O)Cc2ccc(Br)s2)C1. The number of nitrogens with zero attached hydrogens (tertiary/aromatic N) is 2. The normalized spacial score (nSPS) is 22.9. The molecular formula is C13H19BrN2OS. The number of halogens is 1. The Morgan fingerprint density at radius 3 is 2.89 bits per heavy atom. The van der Waals surface area contributed by atoms with Gasteiger partial charge >= 0.3 is 0 Å². The minimum Gasteiger partial charge on any atom is -0.304 e. The van der Waals surface area contributed by atoms with Gasteiger partial charge in [-0.05, 0) is 61.7 Å². The second-order valence-electron chi connectivity index (χ2n) is 4.96. The Balaban J connectivity index is 2.02. The number of rotatable bonds is 3. The third kappa shape index (κ3) is 3.63. The Morgan fingerprint density at radius 2 is 2.22 bits per heavy atom. The molecule has 0 aromatic carbocycles. The van der Waals surface area contributed by atoms with E-state index in [0.717, 1.165) is 34.7 Å². The molecule has 1 atom stereocenters. The van der Waals surface area contributed by atoms with Crippen LogP contribution in [0.15, 0.2) is 15.9 Å². The van der Waals surface area contributed by atoms with Crippen LogP contribution in [0, 0.1) is 0 Å². The largest absolute Gasteiger partial charge is 0.304 e. The Bertz CT molecular complexity index is 421. The number of Topliss-reactive ketones (excluding diaryl/α,β-unsaturated/α-hetero) is 1. The van der Waals surface area contributed by atoms with E-state index in [-0.39, 0.29) is 6.04 Å². The highest BCUT2D eigenvalue weighted by molar-refractivity contribution is 9.11. The molecule has 1 aliphatic rings. The smallest absolute Gasteiger partial charge is 0.156 e. The van der Waals surface area contributed by atoms with E-state index >= 15 is 0 Å². The van der Waals surface area contributed by atoms with Gasteiger partial charge in [0.05, 0.1) is 9.83 Å². The van der Waals surface area contributed by atoms with E-state index in [9.17, 15) is 4.79 Å². The van der Waals surface area contributed by atoms with E-state index in [4.69, 9.17) is 0 Å². The molecule has 1 saturated heterocycles. The van der Waals surface area contributed by atoms with Gasteiger partial charge in [0.1, 0.15) is 0 Å². The fraction of sp³-hybridized carbons (Fsp3) is 0.615. The molecule has 5 heteroatoms. The molecule has 0 spiro atoms. The third-order valence-electron chi connectivity index (χ3n) is 3.42. The summed E-state index contributed by atoms with van der Waals surface area (Å²) in [6, 6.07) is 4.09.